The van der Waals surface area contributed by atoms with Gasteiger partial charge in [-0.25, -0.2) is 0 Å². The molecule has 1 aromatic heterocycles. The summed E-state index contributed by atoms with van der Waals surface area (Å²) >= 11 is 3.39. The lowest BCUT2D eigenvalue weighted by atomic mass is 10.1. The zero-order chi connectivity index (χ0) is 16.1. The van der Waals surface area contributed by atoms with Crippen LogP contribution in [0.4, 0.5) is 0 Å². The van der Waals surface area contributed by atoms with E-state index in [1.807, 2.05) is 17.7 Å². The molecular weight excluding hydrogens is 352 g/mol. The molecule has 6 nitrogen and oxygen atoms in total. The van der Waals surface area contributed by atoms with Gasteiger partial charge < -0.3 is 19.3 Å². The average Bonchev–Trinajstić information content (AvgIpc) is 2.89. The second-order valence-corrected chi connectivity index (χ2v) is 6.23. The number of carboxylic acid groups (broad SMARTS) is 1. The van der Waals surface area contributed by atoms with Crippen LogP contribution < -0.4 is 0 Å². The Morgan fingerprint density at radius 1 is 1.45 bits per heavy atom. The summed E-state index contributed by atoms with van der Waals surface area (Å²) in [5.74, 6) is -1.00. The van der Waals surface area contributed by atoms with E-state index in [1.54, 1.807) is 11.0 Å². The zero-order valence-electron chi connectivity index (χ0n) is 12.6. The van der Waals surface area contributed by atoms with E-state index in [4.69, 9.17) is 9.84 Å². The number of carboxylic acids is 1. The molecule has 0 bridgehead atoms. The maximum absolute atomic E-state index is 12.9. The average molecular weight is 373 g/mol. The highest BCUT2D eigenvalue weighted by molar-refractivity contribution is 9.10. The number of aliphatic carboxylic acids is 1. The van der Waals surface area contributed by atoms with Crippen LogP contribution in [0.2, 0.25) is 0 Å². The van der Waals surface area contributed by atoms with Crippen molar-refractivity contribution in [2.45, 2.75) is 38.8 Å². The van der Waals surface area contributed by atoms with Crippen molar-refractivity contribution >= 4 is 27.8 Å². The number of carbonyl (C=O) groups excluding carboxylic acids is 1. The Balaban J connectivity index is 2.21. The fourth-order valence-corrected chi connectivity index (χ4v) is 3.19. The van der Waals surface area contributed by atoms with E-state index in [-0.39, 0.29) is 24.9 Å². The number of amides is 1. The second kappa shape index (κ2) is 7.78. The molecule has 1 saturated heterocycles. The second-order valence-electron chi connectivity index (χ2n) is 5.32. The Kier molecular flexibility index (Phi) is 6.02. The van der Waals surface area contributed by atoms with Crippen molar-refractivity contribution in [1.29, 1.82) is 0 Å². The number of halogens is 1. The van der Waals surface area contributed by atoms with Crippen LogP contribution in [-0.2, 0) is 16.1 Å². The number of nitrogens with zero attached hydrogens (tertiary/aromatic N) is 2. The molecule has 2 heterocycles. The lowest BCUT2D eigenvalue weighted by Gasteiger charge is -2.34. The van der Waals surface area contributed by atoms with Gasteiger partial charge in [0.05, 0.1) is 6.42 Å². The van der Waals surface area contributed by atoms with Crippen LogP contribution >= 0.6 is 15.9 Å². The van der Waals surface area contributed by atoms with Crippen molar-refractivity contribution in [1.82, 2.24) is 9.47 Å². The first kappa shape index (κ1) is 17.0. The lowest BCUT2D eigenvalue weighted by molar-refractivity contribution is -0.137. The summed E-state index contributed by atoms with van der Waals surface area (Å²) in [6, 6.07) is 1.83. The molecule has 0 spiro atoms. The number of aromatic nitrogens is 1. The van der Waals surface area contributed by atoms with Gasteiger partial charge in [0, 0.05) is 43.0 Å². The van der Waals surface area contributed by atoms with Crippen LogP contribution in [0.1, 0.15) is 36.7 Å². The van der Waals surface area contributed by atoms with E-state index in [9.17, 15) is 9.59 Å². The predicted octanol–water partition coefficient (Wildman–Crippen LogP) is 2.37. The molecule has 1 amide bonds. The molecule has 0 atom stereocenters. The largest absolute Gasteiger partial charge is 0.481 e. The third kappa shape index (κ3) is 4.10. The Bertz CT molecular complexity index is 538. The predicted molar refractivity (Wildman–Crippen MR) is 84.9 cm³/mol. The van der Waals surface area contributed by atoms with E-state index in [1.165, 1.54) is 0 Å². The van der Waals surface area contributed by atoms with Crippen LogP contribution in [-0.4, -0.2) is 52.3 Å². The molecule has 0 aliphatic carbocycles. The molecule has 0 aromatic carbocycles. The van der Waals surface area contributed by atoms with Gasteiger partial charge >= 0.3 is 5.97 Å². The minimum Gasteiger partial charge on any atom is -0.481 e. The van der Waals surface area contributed by atoms with Crippen molar-refractivity contribution in [3.8, 4) is 0 Å². The fraction of sp³-hybridized carbons (Fsp3) is 0.600. The highest BCUT2D eigenvalue weighted by atomic mass is 79.9. The number of hydrogen-bond donors (Lipinski definition) is 1. The van der Waals surface area contributed by atoms with E-state index < -0.39 is 5.97 Å². The summed E-state index contributed by atoms with van der Waals surface area (Å²) in [4.78, 5) is 25.5. The van der Waals surface area contributed by atoms with Crippen LogP contribution in [0.5, 0.6) is 0 Å². The SMILES string of the molecule is CCn1cc(Br)cc1C(=O)N(CCC(=O)O)C1CCOCC1. The van der Waals surface area contributed by atoms with Gasteiger partial charge in [-0.2, -0.15) is 0 Å². The minimum atomic E-state index is -0.892. The van der Waals surface area contributed by atoms with Crippen LogP contribution in [0.15, 0.2) is 16.7 Å². The van der Waals surface area contributed by atoms with E-state index in [2.05, 4.69) is 15.9 Å². The zero-order valence-corrected chi connectivity index (χ0v) is 14.2. The molecule has 0 saturated carbocycles. The van der Waals surface area contributed by atoms with Gasteiger partial charge in [0.1, 0.15) is 5.69 Å². The van der Waals surface area contributed by atoms with Gasteiger partial charge in [-0.15, -0.1) is 0 Å². The standard InChI is InChI=1S/C15H21BrN2O4/c1-2-17-10-11(16)9-13(17)15(21)18(6-3-14(19)20)12-4-7-22-8-5-12/h9-10,12H,2-8H2,1H3,(H,19,20). The molecule has 0 unspecified atom stereocenters. The summed E-state index contributed by atoms with van der Waals surface area (Å²) in [5, 5.41) is 8.94. The van der Waals surface area contributed by atoms with Crippen LogP contribution in [0.3, 0.4) is 0 Å². The van der Waals surface area contributed by atoms with Crippen LogP contribution in [0, 0.1) is 0 Å². The van der Waals surface area contributed by atoms with Crippen molar-refractivity contribution in [3.05, 3.63) is 22.4 Å². The van der Waals surface area contributed by atoms with Crippen molar-refractivity contribution in [3.63, 3.8) is 0 Å². The smallest absolute Gasteiger partial charge is 0.305 e. The van der Waals surface area contributed by atoms with Gasteiger partial charge in [-0.05, 0) is 41.8 Å². The maximum Gasteiger partial charge on any atom is 0.305 e. The molecule has 122 valence electrons. The molecule has 2 rings (SSSR count). The van der Waals surface area contributed by atoms with Crippen molar-refractivity contribution < 1.29 is 19.4 Å². The van der Waals surface area contributed by atoms with E-state index in [0.29, 0.717) is 25.5 Å². The Morgan fingerprint density at radius 2 is 2.14 bits per heavy atom. The topological polar surface area (TPSA) is 71.8 Å². The van der Waals surface area contributed by atoms with Gasteiger partial charge in [-0.3, -0.25) is 9.59 Å². The van der Waals surface area contributed by atoms with Gasteiger partial charge in [0.25, 0.3) is 5.91 Å². The number of carbonyl (C=O) groups is 2. The first-order valence-electron chi connectivity index (χ1n) is 7.49. The first-order chi connectivity index (χ1) is 10.5. The Hall–Kier alpha value is -1.34. The molecule has 1 aromatic rings. The number of rotatable bonds is 6. The Labute approximate surface area is 138 Å². The third-order valence-electron chi connectivity index (χ3n) is 3.88. The number of ether oxygens (including phenoxy) is 1. The monoisotopic (exact) mass is 372 g/mol. The summed E-state index contributed by atoms with van der Waals surface area (Å²) < 4.78 is 8.07. The summed E-state index contributed by atoms with van der Waals surface area (Å²) in [7, 11) is 0. The van der Waals surface area contributed by atoms with E-state index in [0.717, 1.165) is 17.3 Å². The molecule has 1 aliphatic rings. The summed E-state index contributed by atoms with van der Waals surface area (Å²) in [6.45, 7) is 4.11. The Morgan fingerprint density at radius 3 is 2.73 bits per heavy atom. The molecule has 1 aliphatic heterocycles. The van der Waals surface area contributed by atoms with Gasteiger partial charge in [-0.1, -0.05) is 0 Å². The summed E-state index contributed by atoms with van der Waals surface area (Å²) in [5.41, 5.74) is 0.589. The van der Waals surface area contributed by atoms with Gasteiger partial charge in [0.2, 0.25) is 0 Å². The molecule has 7 heteroatoms. The fourth-order valence-electron chi connectivity index (χ4n) is 2.73. The quantitative estimate of drug-likeness (QED) is 0.831. The first-order valence-corrected chi connectivity index (χ1v) is 8.28. The van der Waals surface area contributed by atoms with Gasteiger partial charge in [0.15, 0.2) is 0 Å². The number of hydrogen-bond acceptors (Lipinski definition) is 3. The minimum absolute atomic E-state index is 0.0413. The molecule has 1 N–H and O–H groups in total. The number of aryl methyl sites for hydroxylation is 1. The van der Waals surface area contributed by atoms with Crippen molar-refractivity contribution in [2.75, 3.05) is 19.8 Å². The van der Waals surface area contributed by atoms with Crippen LogP contribution in [0.25, 0.3) is 0 Å². The normalized spacial score (nSPS) is 15.7. The maximum atomic E-state index is 12.9. The summed E-state index contributed by atoms with van der Waals surface area (Å²) in [6.07, 6.45) is 3.32. The lowest BCUT2D eigenvalue weighted by Crippen LogP contribution is -2.45. The van der Waals surface area contributed by atoms with Crippen molar-refractivity contribution in [2.24, 2.45) is 0 Å². The molecular formula is C15H21BrN2O4. The third-order valence-corrected chi connectivity index (χ3v) is 4.32. The molecule has 0 radical (unpaired) electrons. The molecule has 1 fully saturated rings. The molecule has 22 heavy (non-hydrogen) atoms. The highest BCUT2D eigenvalue weighted by Gasteiger charge is 2.28. The van der Waals surface area contributed by atoms with E-state index >= 15 is 0 Å². The highest BCUT2D eigenvalue weighted by Crippen LogP contribution is 2.21.